The number of carbonyl (C=O) groups excluding carboxylic acids is 2. The SMILES string of the molecule is C=CC(=O)NCNC(=O)C=S. The van der Waals surface area contributed by atoms with Crippen LogP contribution in [0.2, 0.25) is 0 Å². The van der Waals surface area contributed by atoms with Crippen LogP contribution in [0.4, 0.5) is 0 Å². The largest absolute Gasteiger partial charge is 0.335 e. The summed E-state index contributed by atoms with van der Waals surface area (Å²) in [4.78, 5) is 20.9. The summed E-state index contributed by atoms with van der Waals surface area (Å²) in [6.07, 6.45) is 1.11. The van der Waals surface area contributed by atoms with Gasteiger partial charge in [0, 0.05) is 0 Å². The Morgan fingerprint density at radius 1 is 1.36 bits per heavy atom. The maximum Gasteiger partial charge on any atom is 0.256 e. The Labute approximate surface area is 69.7 Å². The van der Waals surface area contributed by atoms with Crippen LogP contribution in [0.5, 0.6) is 0 Å². The first-order valence-corrected chi connectivity index (χ1v) is 3.31. The van der Waals surface area contributed by atoms with Crippen molar-refractivity contribution in [3.8, 4) is 0 Å². The first-order chi connectivity index (χ1) is 5.20. The fourth-order valence-electron chi connectivity index (χ4n) is 0.332. The lowest BCUT2D eigenvalue weighted by molar-refractivity contribution is -0.117. The van der Waals surface area contributed by atoms with E-state index in [0.717, 1.165) is 11.4 Å². The Kier molecular flexibility index (Phi) is 4.93. The maximum atomic E-state index is 10.5. The molecule has 0 unspecified atom stereocenters. The van der Waals surface area contributed by atoms with E-state index in [1.165, 1.54) is 0 Å². The van der Waals surface area contributed by atoms with Gasteiger partial charge in [0.2, 0.25) is 5.91 Å². The van der Waals surface area contributed by atoms with Gasteiger partial charge in [-0.2, -0.15) is 0 Å². The van der Waals surface area contributed by atoms with Gasteiger partial charge in [0.25, 0.3) is 5.91 Å². The molecule has 60 valence electrons. The molecule has 0 heterocycles. The lowest BCUT2D eigenvalue weighted by Crippen LogP contribution is -2.36. The topological polar surface area (TPSA) is 58.2 Å². The molecule has 0 aromatic heterocycles. The van der Waals surface area contributed by atoms with Gasteiger partial charge in [-0.3, -0.25) is 9.59 Å². The standard InChI is InChI=1S/C6H8N2O2S/c1-2-5(9)7-4-8-6(10)3-11/h2-3H,1,4H2,(H,7,9)(H,8,10). The summed E-state index contributed by atoms with van der Waals surface area (Å²) >= 11 is 4.31. The zero-order valence-electron chi connectivity index (χ0n) is 5.79. The smallest absolute Gasteiger partial charge is 0.256 e. The Bertz CT molecular complexity index is 171. The first kappa shape index (κ1) is 9.77. The van der Waals surface area contributed by atoms with Crippen LogP contribution in [0.3, 0.4) is 0 Å². The number of hydrogen-bond donors (Lipinski definition) is 2. The van der Waals surface area contributed by atoms with E-state index in [1.54, 1.807) is 0 Å². The molecule has 0 saturated carbocycles. The molecule has 0 aliphatic rings. The van der Waals surface area contributed by atoms with E-state index in [1.807, 2.05) is 0 Å². The van der Waals surface area contributed by atoms with Crippen LogP contribution >= 0.6 is 12.2 Å². The van der Waals surface area contributed by atoms with Crippen LogP contribution in [-0.4, -0.2) is 23.9 Å². The van der Waals surface area contributed by atoms with Crippen LogP contribution in [0.1, 0.15) is 0 Å². The molecule has 0 radical (unpaired) electrons. The van der Waals surface area contributed by atoms with E-state index < -0.39 is 5.91 Å². The lowest BCUT2D eigenvalue weighted by atomic mass is 10.6. The van der Waals surface area contributed by atoms with Crippen molar-refractivity contribution in [3.05, 3.63) is 12.7 Å². The van der Waals surface area contributed by atoms with Crippen LogP contribution in [0, 0.1) is 0 Å². The average molecular weight is 172 g/mol. The molecule has 5 heteroatoms. The lowest BCUT2D eigenvalue weighted by Gasteiger charge is -2.00. The van der Waals surface area contributed by atoms with Gasteiger partial charge in [-0.1, -0.05) is 18.8 Å². The van der Waals surface area contributed by atoms with Crippen molar-refractivity contribution in [1.29, 1.82) is 0 Å². The highest BCUT2D eigenvalue weighted by Crippen LogP contribution is 1.63. The summed E-state index contributed by atoms with van der Waals surface area (Å²) in [5, 5.41) is 5.62. The molecule has 11 heavy (non-hydrogen) atoms. The van der Waals surface area contributed by atoms with E-state index >= 15 is 0 Å². The first-order valence-electron chi connectivity index (χ1n) is 2.84. The second-order valence-corrected chi connectivity index (χ2v) is 1.82. The molecule has 4 nitrogen and oxygen atoms in total. The quantitative estimate of drug-likeness (QED) is 0.337. The van der Waals surface area contributed by atoms with Gasteiger partial charge in [-0.25, -0.2) is 0 Å². The zero-order chi connectivity index (χ0) is 8.69. The molecule has 2 N–H and O–H groups in total. The molecule has 0 aromatic carbocycles. The van der Waals surface area contributed by atoms with E-state index in [-0.39, 0.29) is 12.6 Å². The minimum Gasteiger partial charge on any atom is -0.335 e. The predicted molar refractivity (Wildman–Crippen MR) is 45.0 cm³/mol. The van der Waals surface area contributed by atoms with Crippen LogP contribution < -0.4 is 10.6 Å². The summed E-state index contributed by atoms with van der Waals surface area (Å²) in [7, 11) is 0. The minimum absolute atomic E-state index is 0.0663. The summed E-state index contributed by atoms with van der Waals surface area (Å²) in [6.45, 7) is 3.29. The zero-order valence-corrected chi connectivity index (χ0v) is 6.61. The van der Waals surface area contributed by atoms with Crippen molar-refractivity contribution in [2.75, 3.05) is 6.67 Å². The number of thiocarbonyl (C=S) groups is 1. The third-order valence-electron chi connectivity index (χ3n) is 0.818. The van der Waals surface area contributed by atoms with Gasteiger partial charge in [0.1, 0.15) is 0 Å². The Morgan fingerprint density at radius 2 is 1.91 bits per heavy atom. The van der Waals surface area contributed by atoms with Gasteiger partial charge >= 0.3 is 0 Å². The van der Waals surface area contributed by atoms with Gasteiger partial charge in [0.05, 0.1) is 12.0 Å². The highest BCUT2D eigenvalue weighted by Gasteiger charge is 1.94. The molecule has 0 atom stereocenters. The summed E-state index contributed by atoms with van der Waals surface area (Å²) in [5.74, 6) is -0.737. The van der Waals surface area contributed by atoms with Gasteiger partial charge in [0.15, 0.2) is 0 Å². The van der Waals surface area contributed by atoms with Crippen molar-refractivity contribution < 1.29 is 9.59 Å². The highest BCUT2D eigenvalue weighted by molar-refractivity contribution is 7.80. The van der Waals surface area contributed by atoms with Gasteiger partial charge in [-0.05, 0) is 6.08 Å². The second-order valence-electron chi connectivity index (χ2n) is 1.58. The minimum atomic E-state index is -0.399. The number of nitrogens with one attached hydrogen (secondary N) is 2. The normalized spacial score (nSPS) is 8.00. The van der Waals surface area contributed by atoms with E-state index in [0.29, 0.717) is 0 Å². The summed E-state index contributed by atoms with van der Waals surface area (Å²) in [5.41, 5.74) is 0. The number of amides is 2. The molecule has 0 rings (SSSR count). The second kappa shape index (κ2) is 5.55. The van der Waals surface area contributed by atoms with Gasteiger partial charge < -0.3 is 10.6 Å². The van der Waals surface area contributed by atoms with Crippen LogP contribution in [0.15, 0.2) is 12.7 Å². The fourth-order valence-corrected chi connectivity index (χ4v) is 0.416. The predicted octanol–water partition coefficient (Wildman–Crippen LogP) is -0.638. The molecule has 0 aromatic rings. The van der Waals surface area contributed by atoms with Crippen LogP contribution in [0.25, 0.3) is 0 Å². The van der Waals surface area contributed by atoms with Crippen molar-refractivity contribution in [3.63, 3.8) is 0 Å². The van der Waals surface area contributed by atoms with E-state index in [2.05, 4.69) is 29.4 Å². The summed E-state index contributed by atoms with van der Waals surface area (Å²) < 4.78 is 0. The summed E-state index contributed by atoms with van der Waals surface area (Å²) in [6, 6.07) is 0. The van der Waals surface area contributed by atoms with Crippen molar-refractivity contribution in [1.82, 2.24) is 10.6 Å². The number of hydrogen-bond acceptors (Lipinski definition) is 3. The monoisotopic (exact) mass is 172 g/mol. The van der Waals surface area contributed by atoms with Gasteiger partial charge in [-0.15, -0.1) is 0 Å². The Morgan fingerprint density at radius 3 is 2.36 bits per heavy atom. The molecule has 0 bridgehead atoms. The molecule has 0 spiro atoms. The molecular formula is C6H8N2O2S. The van der Waals surface area contributed by atoms with Crippen molar-refractivity contribution in [2.24, 2.45) is 0 Å². The van der Waals surface area contributed by atoms with Crippen molar-refractivity contribution >= 4 is 29.4 Å². The third kappa shape index (κ3) is 5.23. The Hall–Kier alpha value is -1.23. The third-order valence-corrected chi connectivity index (χ3v) is 1.03. The molecule has 0 aliphatic carbocycles. The van der Waals surface area contributed by atoms with E-state index in [9.17, 15) is 9.59 Å². The molecular weight excluding hydrogens is 164 g/mol. The van der Waals surface area contributed by atoms with Crippen LogP contribution in [-0.2, 0) is 9.59 Å². The number of carbonyl (C=O) groups is 2. The maximum absolute atomic E-state index is 10.5. The van der Waals surface area contributed by atoms with E-state index in [4.69, 9.17) is 0 Å². The molecule has 0 fully saturated rings. The highest BCUT2D eigenvalue weighted by atomic mass is 32.1. The molecule has 0 saturated heterocycles. The molecule has 0 aliphatic heterocycles. The fraction of sp³-hybridized carbons (Fsp3) is 0.167. The average Bonchev–Trinajstić information content (AvgIpc) is 2.04. The van der Waals surface area contributed by atoms with Crippen molar-refractivity contribution in [2.45, 2.75) is 0 Å². The Balaban J connectivity index is 3.41. The number of rotatable bonds is 4. The molecule has 2 amide bonds.